The minimum absolute atomic E-state index is 0.135. The molecule has 1 aromatic carbocycles. The fourth-order valence-electron chi connectivity index (χ4n) is 2.49. The third kappa shape index (κ3) is 6.20. The van der Waals surface area contributed by atoms with Gasteiger partial charge in [-0.3, -0.25) is 10.1 Å². The van der Waals surface area contributed by atoms with Gasteiger partial charge in [-0.15, -0.1) is 0 Å². The Morgan fingerprint density at radius 1 is 1.25 bits per heavy atom. The van der Waals surface area contributed by atoms with Gasteiger partial charge >= 0.3 is 6.03 Å². The molecule has 24 heavy (non-hydrogen) atoms. The summed E-state index contributed by atoms with van der Waals surface area (Å²) in [4.78, 5) is 23.4. The molecule has 0 aliphatic heterocycles. The molecule has 0 spiro atoms. The van der Waals surface area contributed by atoms with Gasteiger partial charge in [0.2, 0.25) is 5.91 Å². The second kappa shape index (κ2) is 9.27. The SMILES string of the molecule is O=C(CNc1ccc(F)cc1Cl)NC(=O)NCCC1=CCCCC1. The van der Waals surface area contributed by atoms with Gasteiger partial charge in [0.05, 0.1) is 17.3 Å². The lowest BCUT2D eigenvalue weighted by Crippen LogP contribution is -2.42. The lowest BCUT2D eigenvalue weighted by Gasteiger charge is -2.13. The zero-order chi connectivity index (χ0) is 17.4. The molecule has 0 heterocycles. The summed E-state index contributed by atoms with van der Waals surface area (Å²) in [5.74, 6) is -0.952. The largest absolute Gasteiger partial charge is 0.375 e. The van der Waals surface area contributed by atoms with E-state index in [1.54, 1.807) is 0 Å². The van der Waals surface area contributed by atoms with E-state index in [-0.39, 0.29) is 11.6 Å². The minimum atomic E-state index is -0.525. The van der Waals surface area contributed by atoms with E-state index in [1.165, 1.54) is 30.5 Å². The molecule has 3 N–H and O–H groups in total. The number of amides is 3. The van der Waals surface area contributed by atoms with Crippen LogP contribution < -0.4 is 16.0 Å². The van der Waals surface area contributed by atoms with Gasteiger partial charge in [0.1, 0.15) is 5.82 Å². The molecule has 1 aliphatic rings. The number of imide groups is 1. The number of hydrogen-bond acceptors (Lipinski definition) is 3. The number of benzene rings is 1. The second-order valence-electron chi connectivity index (χ2n) is 5.64. The fourth-order valence-corrected chi connectivity index (χ4v) is 2.73. The van der Waals surface area contributed by atoms with Crippen LogP contribution >= 0.6 is 11.6 Å². The molecule has 0 saturated carbocycles. The van der Waals surface area contributed by atoms with Gasteiger partial charge in [-0.05, 0) is 50.3 Å². The first-order valence-corrected chi connectivity index (χ1v) is 8.37. The number of carbonyl (C=O) groups is 2. The van der Waals surface area contributed by atoms with Crippen molar-refractivity contribution in [1.29, 1.82) is 0 Å². The summed E-state index contributed by atoms with van der Waals surface area (Å²) < 4.78 is 12.9. The van der Waals surface area contributed by atoms with Crippen LogP contribution in [-0.2, 0) is 4.79 Å². The Balaban J connectivity index is 1.66. The second-order valence-corrected chi connectivity index (χ2v) is 6.05. The van der Waals surface area contributed by atoms with Crippen LogP contribution in [0.25, 0.3) is 0 Å². The molecule has 0 bridgehead atoms. The van der Waals surface area contributed by atoms with E-state index in [4.69, 9.17) is 11.6 Å². The summed E-state index contributed by atoms with van der Waals surface area (Å²) in [6.45, 7) is 0.367. The van der Waals surface area contributed by atoms with E-state index in [9.17, 15) is 14.0 Å². The molecule has 130 valence electrons. The number of hydrogen-bond donors (Lipinski definition) is 3. The molecule has 0 saturated heterocycles. The van der Waals surface area contributed by atoms with Crippen molar-refractivity contribution in [3.63, 3.8) is 0 Å². The quantitative estimate of drug-likeness (QED) is 0.684. The number of allylic oxidation sites excluding steroid dienone is 1. The Labute approximate surface area is 145 Å². The lowest BCUT2D eigenvalue weighted by molar-refractivity contribution is -0.118. The van der Waals surface area contributed by atoms with Gasteiger partial charge in [-0.2, -0.15) is 0 Å². The van der Waals surface area contributed by atoms with Crippen LogP contribution in [0.1, 0.15) is 32.1 Å². The maximum absolute atomic E-state index is 12.9. The van der Waals surface area contributed by atoms with Crippen molar-refractivity contribution in [2.24, 2.45) is 0 Å². The van der Waals surface area contributed by atoms with Crippen molar-refractivity contribution in [3.05, 3.63) is 40.7 Å². The van der Waals surface area contributed by atoms with Crippen LogP contribution in [0.4, 0.5) is 14.9 Å². The van der Waals surface area contributed by atoms with Crippen molar-refractivity contribution >= 4 is 29.2 Å². The molecular formula is C17H21ClFN3O2. The molecule has 1 aromatic rings. The highest BCUT2D eigenvalue weighted by Gasteiger charge is 2.09. The van der Waals surface area contributed by atoms with Gasteiger partial charge in [0.25, 0.3) is 0 Å². The molecular weight excluding hydrogens is 333 g/mol. The number of carbonyl (C=O) groups excluding carboxylic acids is 2. The number of halogens is 2. The minimum Gasteiger partial charge on any atom is -0.375 e. The highest BCUT2D eigenvalue weighted by Crippen LogP contribution is 2.22. The third-order valence-electron chi connectivity index (χ3n) is 3.74. The van der Waals surface area contributed by atoms with Crippen molar-refractivity contribution < 1.29 is 14.0 Å². The zero-order valence-corrected chi connectivity index (χ0v) is 14.1. The predicted molar refractivity (Wildman–Crippen MR) is 92.6 cm³/mol. The maximum atomic E-state index is 12.9. The van der Waals surface area contributed by atoms with Gasteiger partial charge in [-0.1, -0.05) is 23.3 Å². The first kappa shape index (κ1) is 18.3. The summed E-state index contributed by atoms with van der Waals surface area (Å²) in [5, 5.41) is 7.82. The van der Waals surface area contributed by atoms with Crippen molar-refractivity contribution in [1.82, 2.24) is 10.6 Å². The molecule has 3 amide bonds. The van der Waals surface area contributed by atoms with E-state index < -0.39 is 17.8 Å². The third-order valence-corrected chi connectivity index (χ3v) is 4.05. The van der Waals surface area contributed by atoms with Crippen molar-refractivity contribution in [3.8, 4) is 0 Å². The first-order valence-electron chi connectivity index (χ1n) is 7.99. The predicted octanol–water partition coefficient (Wildman–Crippen LogP) is 3.61. The monoisotopic (exact) mass is 353 g/mol. The maximum Gasteiger partial charge on any atom is 0.321 e. The van der Waals surface area contributed by atoms with Crippen LogP contribution in [-0.4, -0.2) is 25.0 Å². The highest BCUT2D eigenvalue weighted by molar-refractivity contribution is 6.33. The molecule has 0 atom stereocenters. The molecule has 2 rings (SSSR count). The molecule has 5 nitrogen and oxygen atoms in total. The number of urea groups is 1. The highest BCUT2D eigenvalue weighted by atomic mass is 35.5. The Morgan fingerprint density at radius 2 is 2.08 bits per heavy atom. The molecule has 0 fully saturated rings. The Morgan fingerprint density at radius 3 is 2.79 bits per heavy atom. The van der Waals surface area contributed by atoms with E-state index >= 15 is 0 Å². The molecule has 7 heteroatoms. The number of nitrogens with one attached hydrogen (secondary N) is 3. The van der Waals surface area contributed by atoms with Crippen LogP contribution in [0, 0.1) is 5.82 Å². The summed E-state index contributed by atoms with van der Waals surface area (Å²) in [5.41, 5.74) is 1.79. The van der Waals surface area contributed by atoms with Crippen LogP contribution in [0.15, 0.2) is 29.8 Å². The topological polar surface area (TPSA) is 70.2 Å². The summed E-state index contributed by atoms with van der Waals surface area (Å²) >= 11 is 5.84. The fraction of sp³-hybridized carbons (Fsp3) is 0.412. The van der Waals surface area contributed by atoms with E-state index in [2.05, 4.69) is 22.0 Å². The molecule has 0 aromatic heterocycles. The van der Waals surface area contributed by atoms with Gasteiger partial charge in [0, 0.05) is 6.54 Å². The van der Waals surface area contributed by atoms with E-state index in [0.29, 0.717) is 12.2 Å². The van der Waals surface area contributed by atoms with Crippen LogP contribution in [0.3, 0.4) is 0 Å². The molecule has 0 radical (unpaired) electrons. The number of anilines is 1. The smallest absolute Gasteiger partial charge is 0.321 e. The summed E-state index contributed by atoms with van der Waals surface area (Å²) in [7, 11) is 0. The van der Waals surface area contributed by atoms with Crippen molar-refractivity contribution in [2.75, 3.05) is 18.4 Å². The summed E-state index contributed by atoms with van der Waals surface area (Å²) in [6, 6.07) is 3.29. The average Bonchev–Trinajstić information content (AvgIpc) is 2.55. The van der Waals surface area contributed by atoms with Crippen molar-refractivity contribution in [2.45, 2.75) is 32.1 Å². The normalized spacial score (nSPS) is 13.8. The van der Waals surface area contributed by atoms with Crippen LogP contribution in [0.2, 0.25) is 5.02 Å². The first-order chi connectivity index (χ1) is 11.5. The van der Waals surface area contributed by atoms with Gasteiger partial charge < -0.3 is 10.6 Å². The van der Waals surface area contributed by atoms with E-state index in [1.807, 2.05) is 0 Å². The Bertz CT molecular complexity index is 634. The Kier molecular flexibility index (Phi) is 7.06. The standard InChI is InChI=1S/C17H21ClFN3O2/c18-14-10-13(19)6-7-15(14)21-11-16(23)22-17(24)20-9-8-12-4-2-1-3-5-12/h4,6-7,10,21H,1-3,5,8-9,11H2,(H2,20,22,23,24). The van der Waals surface area contributed by atoms with E-state index in [0.717, 1.165) is 25.3 Å². The average molecular weight is 354 g/mol. The summed E-state index contributed by atoms with van der Waals surface area (Å²) in [6.07, 6.45) is 7.67. The van der Waals surface area contributed by atoms with Gasteiger partial charge in [-0.25, -0.2) is 9.18 Å². The molecule has 1 aliphatic carbocycles. The van der Waals surface area contributed by atoms with Gasteiger partial charge in [0.15, 0.2) is 0 Å². The Hall–Kier alpha value is -2.08. The zero-order valence-electron chi connectivity index (χ0n) is 13.3. The van der Waals surface area contributed by atoms with Crippen LogP contribution in [0.5, 0.6) is 0 Å². The molecule has 0 unspecified atom stereocenters. The lowest BCUT2D eigenvalue weighted by atomic mass is 9.97. The number of rotatable bonds is 6.